The first kappa shape index (κ1) is 12.4. The summed E-state index contributed by atoms with van der Waals surface area (Å²) in [5.41, 5.74) is 6.98. The van der Waals surface area contributed by atoms with Crippen molar-refractivity contribution < 1.29 is 9.26 Å². The normalized spacial score (nSPS) is 19.5. The summed E-state index contributed by atoms with van der Waals surface area (Å²) in [5.74, 6) is 1.38. The Balaban J connectivity index is 1.85. The second-order valence-electron chi connectivity index (χ2n) is 4.61. The fourth-order valence-electron chi connectivity index (χ4n) is 2.12. The number of hydrogen-bond donors (Lipinski definition) is 1. The monoisotopic (exact) mass is 279 g/mol. The van der Waals surface area contributed by atoms with Crippen LogP contribution in [-0.4, -0.2) is 23.4 Å². The molecule has 1 aromatic heterocycles. The Morgan fingerprint density at radius 2 is 2.26 bits per heavy atom. The van der Waals surface area contributed by atoms with Gasteiger partial charge in [0.05, 0.1) is 17.3 Å². The molecule has 0 bridgehead atoms. The zero-order valence-electron chi connectivity index (χ0n) is 10.3. The highest BCUT2D eigenvalue weighted by Crippen LogP contribution is 2.28. The average molecular weight is 280 g/mol. The van der Waals surface area contributed by atoms with Gasteiger partial charge in [0.1, 0.15) is 0 Å². The lowest BCUT2D eigenvalue weighted by Gasteiger charge is -2.18. The Morgan fingerprint density at radius 3 is 3.00 bits per heavy atom. The van der Waals surface area contributed by atoms with Crippen LogP contribution in [-0.2, 0) is 4.74 Å². The molecule has 1 saturated heterocycles. The van der Waals surface area contributed by atoms with Crippen molar-refractivity contribution >= 4 is 17.3 Å². The average Bonchev–Trinajstić information content (AvgIpc) is 2.93. The number of rotatable bonds is 2. The fourth-order valence-corrected chi connectivity index (χ4v) is 2.30. The molecule has 19 heavy (non-hydrogen) atoms. The second-order valence-corrected chi connectivity index (χ2v) is 5.02. The van der Waals surface area contributed by atoms with Gasteiger partial charge in [-0.3, -0.25) is 0 Å². The topological polar surface area (TPSA) is 74.2 Å². The van der Waals surface area contributed by atoms with Gasteiger partial charge in [0, 0.05) is 18.1 Å². The molecule has 0 amide bonds. The van der Waals surface area contributed by atoms with Crippen LogP contribution in [0.2, 0.25) is 5.02 Å². The quantitative estimate of drug-likeness (QED) is 0.856. The lowest BCUT2D eigenvalue weighted by molar-refractivity contribution is 0.0773. The molecule has 1 atom stereocenters. The van der Waals surface area contributed by atoms with Crippen molar-refractivity contribution in [2.24, 2.45) is 0 Å². The van der Waals surface area contributed by atoms with E-state index >= 15 is 0 Å². The molecule has 1 fully saturated rings. The molecule has 2 heterocycles. The standard InChI is InChI=1S/C13H14ClN3O2/c14-10-6-8(3-4-11(10)15)13-16-12(17-19-13)9-2-1-5-18-7-9/h3-4,6,9H,1-2,5,7,15H2. The number of benzene rings is 1. The van der Waals surface area contributed by atoms with Crippen LogP contribution >= 0.6 is 11.6 Å². The minimum atomic E-state index is 0.218. The third-order valence-electron chi connectivity index (χ3n) is 3.21. The molecule has 2 aromatic rings. The summed E-state index contributed by atoms with van der Waals surface area (Å²) in [5, 5.41) is 4.51. The molecule has 0 saturated carbocycles. The Kier molecular flexibility index (Phi) is 3.40. The summed E-state index contributed by atoms with van der Waals surface area (Å²) in [6.45, 7) is 1.47. The SMILES string of the molecule is Nc1ccc(-c2nc(C3CCCOC3)no2)cc1Cl. The van der Waals surface area contributed by atoms with Crippen LogP contribution in [0.5, 0.6) is 0 Å². The van der Waals surface area contributed by atoms with Gasteiger partial charge in [0.15, 0.2) is 5.82 Å². The van der Waals surface area contributed by atoms with E-state index in [1.807, 2.05) is 6.07 Å². The molecule has 1 aromatic carbocycles. The molecule has 0 radical (unpaired) electrons. The van der Waals surface area contributed by atoms with Crippen LogP contribution < -0.4 is 5.73 Å². The summed E-state index contributed by atoms with van der Waals surface area (Å²) < 4.78 is 10.7. The smallest absolute Gasteiger partial charge is 0.257 e. The maximum atomic E-state index is 5.98. The molecule has 1 unspecified atom stereocenters. The Bertz CT molecular complexity index is 579. The van der Waals surface area contributed by atoms with Gasteiger partial charge in [-0.25, -0.2) is 0 Å². The number of hydrogen-bond acceptors (Lipinski definition) is 5. The minimum absolute atomic E-state index is 0.218. The summed E-state index contributed by atoms with van der Waals surface area (Å²) in [4.78, 5) is 4.42. The molecule has 6 heteroatoms. The van der Waals surface area contributed by atoms with Crippen molar-refractivity contribution in [1.29, 1.82) is 0 Å². The van der Waals surface area contributed by atoms with E-state index in [2.05, 4.69) is 10.1 Å². The van der Waals surface area contributed by atoms with Gasteiger partial charge in [-0.05, 0) is 31.0 Å². The zero-order chi connectivity index (χ0) is 13.2. The van der Waals surface area contributed by atoms with E-state index in [1.54, 1.807) is 12.1 Å². The molecular formula is C13H14ClN3O2. The van der Waals surface area contributed by atoms with Crippen LogP contribution in [0.25, 0.3) is 11.5 Å². The molecule has 2 N–H and O–H groups in total. The number of anilines is 1. The van der Waals surface area contributed by atoms with E-state index in [1.165, 1.54) is 0 Å². The number of ether oxygens (including phenoxy) is 1. The first-order valence-corrected chi connectivity index (χ1v) is 6.58. The molecule has 100 valence electrons. The fraction of sp³-hybridized carbons (Fsp3) is 0.385. The van der Waals surface area contributed by atoms with E-state index in [4.69, 9.17) is 26.6 Å². The van der Waals surface area contributed by atoms with Crippen molar-refractivity contribution in [2.75, 3.05) is 18.9 Å². The predicted octanol–water partition coefficient (Wildman–Crippen LogP) is 2.87. The van der Waals surface area contributed by atoms with Crippen LogP contribution in [0.15, 0.2) is 22.7 Å². The van der Waals surface area contributed by atoms with Gasteiger partial charge >= 0.3 is 0 Å². The molecule has 5 nitrogen and oxygen atoms in total. The highest BCUT2D eigenvalue weighted by atomic mass is 35.5. The first-order chi connectivity index (χ1) is 9.24. The minimum Gasteiger partial charge on any atom is -0.398 e. The van der Waals surface area contributed by atoms with Gasteiger partial charge < -0.3 is 15.0 Å². The van der Waals surface area contributed by atoms with E-state index in [9.17, 15) is 0 Å². The number of nitrogens with two attached hydrogens (primary N) is 1. The van der Waals surface area contributed by atoms with Crippen LogP contribution in [0.4, 0.5) is 5.69 Å². The lowest BCUT2D eigenvalue weighted by atomic mass is 10.0. The molecule has 1 aliphatic rings. The van der Waals surface area contributed by atoms with Crippen molar-refractivity contribution in [1.82, 2.24) is 10.1 Å². The van der Waals surface area contributed by atoms with Crippen LogP contribution in [0.1, 0.15) is 24.6 Å². The summed E-state index contributed by atoms with van der Waals surface area (Å²) >= 11 is 5.98. The molecule has 1 aliphatic heterocycles. The van der Waals surface area contributed by atoms with Gasteiger partial charge in [-0.15, -0.1) is 0 Å². The van der Waals surface area contributed by atoms with Crippen molar-refractivity contribution in [3.63, 3.8) is 0 Å². The Hall–Kier alpha value is -1.59. The van der Waals surface area contributed by atoms with Crippen molar-refractivity contribution in [2.45, 2.75) is 18.8 Å². The largest absolute Gasteiger partial charge is 0.398 e. The summed E-state index contributed by atoms with van der Waals surface area (Å²) in [6.07, 6.45) is 2.06. The number of halogens is 1. The highest BCUT2D eigenvalue weighted by Gasteiger charge is 2.22. The Morgan fingerprint density at radius 1 is 1.37 bits per heavy atom. The number of aromatic nitrogens is 2. The van der Waals surface area contributed by atoms with Gasteiger partial charge in [0.2, 0.25) is 0 Å². The number of nitrogens with zero attached hydrogens (tertiary/aromatic N) is 2. The lowest BCUT2D eigenvalue weighted by Crippen LogP contribution is -2.16. The second kappa shape index (κ2) is 5.19. The highest BCUT2D eigenvalue weighted by molar-refractivity contribution is 6.33. The molecule has 3 rings (SSSR count). The van der Waals surface area contributed by atoms with Crippen molar-refractivity contribution in [3.05, 3.63) is 29.0 Å². The maximum absolute atomic E-state index is 5.98. The van der Waals surface area contributed by atoms with Gasteiger partial charge in [-0.1, -0.05) is 16.8 Å². The predicted molar refractivity (Wildman–Crippen MR) is 72.0 cm³/mol. The van der Waals surface area contributed by atoms with E-state index in [0.29, 0.717) is 29.0 Å². The van der Waals surface area contributed by atoms with Crippen LogP contribution in [0.3, 0.4) is 0 Å². The zero-order valence-corrected chi connectivity index (χ0v) is 11.1. The maximum Gasteiger partial charge on any atom is 0.257 e. The Labute approximate surface area is 115 Å². The molecule has 0 aliphatic carbocycles. The van der Waals surface area contributed by atoms with Crippen LogP contribution in [0, 0.1) is 0 Å². The molecule has 0 spiro atoms. The molecular weight excluding hydrogens is 266 g/mol. The van der Waals surface area contributed by atoms with E-state index < -0.39 is 0 Å². The van der Waals surface area contributed by atoms with Gasteiger partial charge in [-0.2, -0.15) is 4.98 Å². The first-order valence-electron chi connectivity index (χ1n) is 6.21. The third-order valence-corrected chi connectivity index (χ3v) is 3.54. The summed E-state index contributed by atoms with van der Waals surface area (Å²) in [7, 11) is 0. The summed E-state index contributed by atoms with van der Waals surface area (Å²) in [6, 6.07) is 5.27. The van der Waals surface area contributed by atoms with E-state index in [-0.39, 0.29) is 5.92 Å². The third kappa shape index (κ3) is 2.57. The van der Waals surface area contributed by atoms with Crippen molar-refractivity contribution in [3.8, 4) is 11.5 Å². The van der Waals surface area contributed by atoms with Gasteiger partial charge in [0.25, 0.3) is 5.89 Å². The number of nitrogen functional groups attached to an aromatic ring is 1. The van der Waals surface area contributed by atoms with E-state index in [0.717, 1.165) is 25.0 Å².